The van der Waals surface area contributed by atoms with Crippen LogP contribution in [0.25, 0.3) is 0 Å². The first-order valence-electron chi connectivity index (χ1n) is 7.23. The van der Waals surface area contributed by atoms with E-state index in [1.807, 2.05) is 12.1 Å². The van der Waals surface area contributed by atoms with Gasteiger partial charge in [-0.2, -0.15) is 0 Å². The fourth-order valence-corrected chi connectivity index (χ4v) is 3.50. The summed E-state index contributed by atoms with van der Waals surface area (Å²) in [5.41, 5.74) is 0.731. The average molecular weight is 275 g/mol. The first-order chi connectivity index (χ1) is 9.71. The molecule has 0 amide bonds. The Hall–Kier alpha value is -1.55. The van der Waals surface area contributed by atoms with E-state index in [0.29, 0.717) is 23.6 Å². The maximum atomic E-state index is 12.7. The Balaban J connectivity index is 1.80. The van der Waals surface area contributed by atoms with Crippen LogP contribution < -0.4 is 14.8 Å². The SMILES string of the molecule is COc1ccc(C(=O)C2CC3CCC(C2)N3)cc1OC. The van der Waals surface area contributed by atoms with E-state index in [-0.39, 0.29) is 11.7 Å². The summed E-state index contributed by atoms with van der Waals surface area (Å²) in [6, 6.07) is 6.51. The quantitative estimate of drug-likeness (QED) is 0.857. The van der Waals surface area contributed by atoms with Gasteiger partial charge < -0.3 is 14.8 Å². The third-order valence-electron chi connectivity index (χ3n) is 4.51. The molecule has 2 heterocycles. The fraction of sp³-hybridized carbons (Fsp3) is 0.562. The maximum Gasteiger partial charge on any atom is 0.166 e. The molecular weight excluding hydrogens is 254 g/mol. The van der Waals surface area contributed by atoms with Crippen molar-refractivity contribution >= 4 is 5.78 Å². The van der Waals surface area contributed by atoms with Crippen LogP contribution in [0.1, 0.15) is 36.0 Å². The summed E-state index contributed by atoms with van der Waals surface area (Å²) in [5, 5.41) is 3.57. The number of hydrogen-bond donors (Lipinski definition) is 1. The Morgan fingerprint density at radius 3 is 2.35 bits per heavy atom. The molecule has 0 spiro atoms. The standard InChI is InChI=1S/C16H21NO3/c1-19-14-6-3-10(9-15(14)20-2)16(18)11-7-12-4-5-13(8-11)17-12/h3,6,9,11-13,17H,4-5,7-8H2,1-2H3. The molecule has 20 heavy (non-hydrogen) atoms. The van der Waals surface area contributed by atoms with Crippen molar-refractivity contribution in [1.29, 1.82) is 0 Å². The van der Waals surface area contributed by atoms with Gasteiger partial charge in [0.05, 0.1) is 14.2 Å². The van der Waals surface area contributed by atoms with Crippen molar-refractivity contribution in [1.82, 2.24) is 5.32 Å². The summed E-state index contributed by atoms with van der Waals surface area (Å²) in [5.74, 6) is 1.67. The predicted molar refractivity (Wildman–Crippen MR) is 76.5 cm³/mol. The van der Waals surface area contributed by atoms with Crippen LogP contribution in [0.4, 0.5) is 0 Å². The molecule has 0 aromatic heterocycles. The summed E-state index contributed by atoms with van der Waals surface area (Å²) < 4.78 is 10.5. The normalized spacial score (nSPS) is 28.2. The minimum absolute atomic E-state index is 0.145. The number of ketones is 1. The lowest BCUT2D eigenvalue weighted by atomic mass is 9.86. The number of fused-ring (bicyclic) bond motifs is 2. The van der Waals surface area contributed by atoms with Crippen LogP contribution in [0, 0.1) is 5.92 Å². The van der Waals surface area contributed by atoms with E-state index in [9.17, 15) is 4.79 Å². The van der Waals surface area contributed by atoms with Crippen LogP contribution in [-0.4, -0.2) is 32.1 Å². The van der Waals surface area contributed by atoms with E-state index in [0.717, 1.165) is 18.4 Å². The zero-order valence-electron chi connectivity index (χ0n) is 12.0. The van der Waals surface area contributed by atoms with Crippen LogP contribution in [0.2, 0.25) is 0 Å². The molecule has 2 atom stereocenters. The van der Waals surface area contributed by atoms with E-state index in [2.05, 4.69) is 5.32 Å². The van der Waals surface area contributed by atoms with Gasteiger partial charge in [-0.3, -0.25) is 4.79 Å². The highest BCUT2D eigenvalue weighted by Gasteiger charge is 2.36. The molecule has 2 unspecified atom stereocenters. The molecule has 1 aromatic carbocycles. The number of Topliss-reactive ketones (excluding diaryl/α,β-unsaturated/α-hetero) is 1. The van der Waals surface area contributed by atoms with Gasteiger partial charge in [0.2, 0.25) is 0 Å². The summed E-state index contributed by atoms with van der Waals surface area (Å²) in [4.78, 5) is 12.7. The lowest BCUT2D eigenvalue weighted by Crippen LogP contribution is -2.40. The van der Waals surface area contributed by atoms with E-state index in [1.165, 1.54) is 12.8 Å². The largest absolute Gasteiger partial charge is 0.493 e. The summed E-state index contributed by atoms with van der Waals surface area (Å²) in [6.07, 6.45) is 4.34. The average Bonchev–Trinajstić information content (AvgIpc) is 2.84. The van der Waals surface area contributed by atoms with Crippen LogP contribution >= 0.6 is 0 Å². The number of nitrogens with one attached hydrogen (secondary N) is 1. The van der Waals surface area contributed by atoms with Gasteiger partial charge in [0.1, 0.15) is 0 Å². The highest BCUT2D eigenvalue weighted by molar-refractivity contribution is 5.98. The second-order valence-corrected chi connectivity index (χ2v) is 5.74. The van der Waals surface area contributed by atoms with Gasteiger partial charge in [-0.25, -0.2) is 0 Å². The Bertz CT molecular complexity index is 502. The van der Waals surface area contributed by atoms with Crippen molar-refractivity contribution in [2.75, 3.05) is 14.2 Å². The molecule has 108 valence electrons. The smallest absolute Gasteiger partial charge is 0.166 e. The molecule has 1 aromatic rings. The Morgan fingerprint density at radius 1 is 1.10 bits per heavy atom. The van der Waals surface area contributed by atoms with Gasteiger partial charge in [-0.05, 0) is 43.9 Å². The first-order valence-corrected chi connectivity index (χ1v) is 7.23. The van der Waals surface area contributed by atoms with E-state index in [4.69, 9.17) is 9.47 Å². The molecule has 3 rings (SSSR count). The van der Waals surface area contributed by atoms with Crippen molar-refractivity contribution in [3.63, 3.8) is 0 Å². The second kappa shape index (κ2) is 5.44. The number of carbonyl (C=O) groups is 1. The molecule has 2 saturated heterocycles. The van der Waals surface area contributed by atoms with E-state index in [1.54, 1.807) is 20.3 Å². The van der Waals surface area contributed by atoms with Gasteiger partial charge in [0, 0.05) is 23.6 Å². The minimum Gasteiger partial charge on any atom is -0.493 e. The topological polar surface area (TPSA) is 47.6 Å². The van der Waals surface area contributed by atoms with Crippen LogP contribution in [0.3, 0.4) is 0 Å². The van der Waals surface area contributed by atoms with Gasteiger partial charge >= 0.3 is 0 Å². The fourth-order valence-electron chi connectivity index (χ4n) is 3.50. The van der Waals surface area contributed by atoms with Crippen LogP contribution in [0.5, 0.6) is 11.5 Å². The molecule has 0 aliphatic carbocycles. The van der Waals surface area contributed by atoms with Gasteiger partial charge in [0.25, 0.3) is 0 Å². The highest BCUT2D eigenvalue weighted by Crippen LogP contribution is 2.34. The van der Waals surface area contributed by atoms with Crippen molar-refractivity contribution in [3.05, 3.63) is 23.8 Å². The van der Waals surface area contributed by atoms with Gasteiger partial charge in [-0.15, -0.1) is 0 Å². The lowest BCUT2D eigenvalue weighted by Gasteiger charge is -2.28. The maximum absolute atomic E-state index is 12.7. The number of ether oxygens (including phenoxy) is 2. The zero-order chi connectivity index (χ0) is 14.1. The zero-order valence-corrected chi connectivity index (χ0v) is 12.0. The van der Waals surface area contributed by atoms with Gasteiger partial charge in [-0.1, -0.05) is 0 Å². The lowest BCUT2D eigenvalue weighted by molar-refractivity contribution is 0.0875. The Labute approximate surface area is 119 Å². The summed E-state index contributed by atoms with van der Waals surface area (Å²) >= 11 is 0. The van der Waals surface area contributed by atoms with Crippen molar-refractivity contribution < 1.29 is 14.3 Å². The van der Waals surface area contributed by atoms with Crippen molar-refractivity contribution in [2.45, 2.75) is 37.8 Å². The first kappa shape index (κ1) is 13.4. The molecule has 4 heteroatoms. The van der Waals surface area contributed by atoms with E-state index < -0.39 is 0 Å². The number of hydrogen-bond acceptors (Lipinski definition) is 4. The summed E-state index contributed by atoms with van der Waals surface area (Å²) in [6.45, 7) is 0. The van der Waals surface area contributed by atoms with Crippen LogP contribution in [0.15, 0.2) is 18.2 Å². The third-order valence-corrected chi connectivity index (χ3v) is 4.51. The minimum atomic E-state index is 0.145. The molecule has 4 nitrogen and oxygen atoms in total. The predicted octanol–water partition coefficient (Wildman–Crippen LogP) is 2.42. The molecule has 2 aliphatic heterocycles. The molecule has 2 fully saturated rings. The van der Waals surface area contributed by atoms with Crippen molar-refractivity contribution in [2.24, 2.45) is 5.92 Å². The number of methoxy groups -OCH3 is 2. The molecule has 1 N–H and O–H groups in total. The van der Waals surface area contributed by atoms with Crippen LogP contribution in [-0.2, 0) is 0 Å². The molecule has 2 bridgehead atoms. The molecule has 0 saturated carbocycles. The highest BCUT2D eigenvalue weighted by atomic mass is 16.5. The monoisotopic (exact) mass is 275 g/mol. The second-order valence-electron chi connectivity index (χ2n) is 5.74. The Kier molecular flexibility index (Phi) is 3.66. The Morgan fingerprint density at radius 2 is 1.75 bits per heavy atom. The van der Waals surface area contributed by atoms with Gasteiger partial charge in [0.15, 0.2) is 17.3 Å². The third kappa shape index (κ3) is 2.40. The molecular formula is C16H21NO3. The number of rotatable bonds is 4. The molecule has 2 aliphatic rings. The number of carbonyl (C=O) groups excluding carboxylic acids is 1. The number of benzene rings is 1. The van der Waals surface area contributed by atoms with Crippen molar-refractivity contribution in [3.8, 4) is 11.5 Å². The summed E-state index contributed by atoms with van der Waals surface area (Å²) in [7, 11) is 3.20. The van der Waals surface area contributed by atoms with E-state index >= 15 is 0 Å². The number of piperidine rings is 1. The molecule has 0 radical (unpaired) electrons.